The summed E-state index contributed by atoms with van der Waals surface area (Å²) >= 11 is 0. The van der Waals surface area contributed by atoms with Crippen molar-refractivity contribution in [3.05, 3.63) is 5.89 Å². The second kappa shape index (κ2) is 3.96. The number of nitrogens with zero attached hydrogens (tertiary/aromatic N) is 3. The molecule has 0 unspecified atom stereocenters. The molecule has 0 saturated heterocycles. The Labute approximate surface area is 83.3 Å². The zero-order valence-electron chi connectivity index (χ0n) is 8.44. The normalized spacial score (nSPS) is 15.9. The second-order valence-electron chi connectivity index (χ2n) is 3.53. The van der Waals surface area contributed by atoms with Crippen molar-refractivity contribution < 1.29 is 4.42 Å². The number of aromatic nitrogens is 2. The lowest BCUT2D eigenvalue weighted by Gasteiger charge is -2.16. The van der Waals surface area contributed by atoms with Gasteiger partial charge in [0.1, 0.15) is 0 Å². The van der Waals surface area contributed by atoms with Crippen LogP contribution in [0.1, 0.15) is 25.7 Å². The molecular weight excluding hydrogens is 180 g/mol. The number of nitrogens with two attached hydrogens (primary N) is 1. The summed E-state index contributed by atoms with van der Waals surface area (Å²) in [6, 6.07) is 1.27. The van der Waals surface area contributed by atoms with E-state index in [9.17, 15) is 0 Å². The molecule has 2 rings (SSSR count). The summed E-state index contributed by atoms with van der Waals surface area (Å²) in [6.45, 7) is 3.58. The van der Waals surface area contributed by atoms with Crippen LogP contribution >= 0.6 is 0 Å². The lowest BCUT2D eigenvalue weighted by molar-refractivity contribution is 0.484. The zero-order valence-corrected chi connectivity index (χ0v) is 8.44. The zero-order chi connectivity index (χ0) is 9.97. The first-order chi connectivity index (χ1) is 6.85. The van der Waals surface area contributed by atoms with Gasteiger partial charge in [0.15, 0.2) is 0 Å². The van der Waals surface area contributed by atoms with Crippen molar-refractivity contribution >= 4 is 6.01 Å². The first-order valence-electron chi connectivity index (χ1n) is 5.14. The van der Waals surface area contributed by atoms with Gasteiger partial charge in [-0.25, -0.2) is 0 Å². The van der Waals surface area contributed by atoms with Crippen molar-refractivity contribution in [1.82, 2.24) is 10.2 Å². The third-order valence-electron chi connectivity index (χ3n) is 2.39. The van der Waals surface area contributed by atoms with E-state index in [1.54, 1.807) is 0 Å². The van der Waals surface area contributed by atoms with Crippen molar-refractivity contribution in [3.63, 3.8) is 0 Å². The predicted octanol–water partition coefficient (Wildman–Crippen LogP) is 0.559. The van der Waals surface area contributed by atoms with E-state index in [-0.39, 0.29) is 0 Å². The molecule has 0 amide bonds. The molecule has 78 valence electrons. The van der Waals surface area contributed by atoms with E-state index in [1.165, 1.54) is 12.8 Å². The second-order valence-corrected chi connectivity index (χ2v) is 3.53. The summed E-state index contributed by atoms with van der Waals surface area (Å²) in [6.07, 6.45) is 3.14. The van der Waals surface area contributed by atoms with Crippen molar-refractivity contribution in [2.45, 2.75) is 32.2 Å². The van der Waals surface area contributed by atoms with E-state index in [2.05, 4.69) is 22.0 Å². The van der Waals surface area contributed by atoms with Crippen molar-refractivity contribution in [1.29, 1.82) is 0 Å². The molecule has 5 nitrogen and oxygen atoms in total. The monoisotopic (exact) mass is 196 g/mol. The molecule has 1 aliphatic rings. The maximum Gasteiger partial charge on any atom is 0.318 e. The number of anilines is 1. The summed E-state index contributed by atoms with van der Waals surface area (Å²) in [5.74, 6) is 0.640. The Morgan fingerprint density at radius 1 is 1.50 bits per heavy atom. The third-order valence-corrected chi connectivity index (χ3v) is 2.39. The van der Waals surface area contributed by atoms with Crippen LogP contribution in [0.25, 0.3) is 0 Å². The summed E-state index contributed by atoms with van der Waals surface area (Å²) in [5, 5.41) is 7.97. The number of hydrogen-bond donors (Lipinski definition) is 1. The Morgan fingerprint density at radius 2 is 2.29 bits per heavy atom. The van der Waals surface area contributed by atoms with Crippen LogP contribution < -0.4 is 10.6 Å². The van der Waals surface area contributed by atoms with Crippen LogP contribution in [-0.4, -0.2) is 29.3 Å². The van der Waals surface area contributed by atoms with Gasteiger partial charge in [0.2, 0.25) is 5.89 Å². The van der Waals surface area contributed by atoms with Crippen LogP contribution in [0.2, 0.25) is 0 Å². The average molecular weight is 196 g/mol. The Bertz CT molecular complexity index is 295. The minimum atomic E-state index is 0.553. The molecule has 1 fully saturated rings. The molecule has 0 spiro atoms. The van der Waals surface area contributed by atoms with E-state index in [0.717, 1.165) is 6.54 Å². The fourth-order valence-electron chi connectivity index (χ4n) is 1.52. The summed E-state index contributed by atoms with van der Waals surface area (Å²) in [5.41, 5.74) is 5.41. The Hall–Kier alpha value is -1.10. The largest absolute Gasteiger partial charge is 0.408 e. The maximum absolute atomic E-state index is 5.50. The highest BCUT2D eigenvalue weighted by Gasteiger charge is 2.31. The fourth-order valence-corrected chi connectivity index (χ4v) is 1.52. The van der Waals surface area contributed by atoms with E-state index < -0.39 is 0 Å². The minimum Gasteiger partial charge on any atom is -0.408 e. The van der Waals surface area contributed by atoms with E-state index >= 15 is 0 Å². The van der Waals surface area contributed by atoms with E-state index in [1.807, 2.05) is 0 Å². The van der Waals surface area contributed by atoms with Crippen LogP contribution in [0.3, 0.4) is 0 Å². The van der Waals surface area contributed by atoms with Crippen LogP contribution in [0.5, 0.6) is 0 Å². The molecule has 1 aromatic heterocycles. The molecule has 0 atom stereocenters. The summed E-state index contributed by atoms with van der Waals surface area (Å²) in [4.78, 5) is 2.16. The average Bonchev–Trinajstić information content (AvgIpc) is 2.90. The highest BCUT2D eigenvalue weighted by Crippen LogP contribution is 2.30. The lowest BCUT2D eigenvalue weighted by Crippen LogP contribution is -2.25. The topological polar surface area (TPSA) is 68.2 Å². The molecule has 1 saturated carbocycles. The third kappa shape index (κ3) is 1.87. The smallest absolute Gasteiger partial charge is 0.318 e. The molecule has 0 aromatic carbocycles. The molecule has 0 radical (unpaired) electrons. The first-order valence-corrected chi connectivity index (χ1v) is 5.14. The maximum atomic E-state index is 5.50. The van der Waals surface area contributed by atoms with Gasteiger partial charge >= 0.3 is 6.01 Å². The van der Waals surface area contributed by atoms with Gasteiger partial charge in [-0.05, 0) is 19.8 Å². The van der Waals surface area contributed by atoms with Gasteiger partial charge in [-0.2, -0.15) is 0 Å². The molecule has 0 bridgehead atoms. The van der Waals surface area contributed by atoms with Crippen LogP contribution in [0, 0.1) is 0 Å². The summed E-state index contributed by atoms with van der Waals surface area (Å²) in [7, 11) is 0. The molecule has 1 heterocycles. The van der Waals surface area contributed by atoms with Gasteiger partial charge in [-0.15, -0.1) is 5.10 Å². The molecule has 1 aliphatic carbocycles. The first kappa shape index (κ1) is 9.45. The van der Waals surface area contributed by atoms with Crippen LogP contribution in [0.4, 0.5) is 6.01 Å². The molecule has 2 N–H and O–H groups in total. The Morgan fingerprint density at radius 3 is 2.86 bits per heavy atom. The van der Waals surface area contributed by atoms with Crippen molar-refractivity contribution in [2.24, 2.45) is 5.73 Å². The molecule has 14 heavy (non-hydrogen) atoms. The van der Waals surface area contributed by atoms with Crippen LogP contribution in [-0.2, 0) is 6.42 Å². The lowest BCUT2D eigenvalue weighted by atomic mass is 10.4. The van der Waals surface area contributed by atoms with Gasteiger partial charge in [-0.3, -0.25) is 0 Å². The molecule has 0 aliphatic heterocycles. The van der Waals surface area contributed by atoms with Crippen molar-refractivity contribution in [2.75, 3.05) is 18.0 Å². The fraction of sp³-hybridized carbons (Fsp3) is 0.778. The van der Waals surface area contributed by atoms with Gasteiger partial charge in [0.05, 0.1) is 0 Å². The van der Waals surface area contributed by atoms with Gasteiger partial charge in [0.25, 0.3) is 0 Å². The highest BCUT2D eigenvalue weighted by molar-refractivity contribution is 5.29. The molecular formula is C9H16N4O. The van der Waals surface area contributed by atoms with E-state index in [4.69, 9.17) is 10.2 Å². The van der Waals surface area contributed by atoms with Crippen LogP contribution in [0.15, 0.2) is 4.42 Å². The molecule has 1 aromatic rings. The Kier molecular flexibility index (Phi) is 2.67. The SMILES string of the molecule is CCN(c1nnc(CCN)o1)C1CC1. The number of rotatable bonds is 5. The quantitative estimate of drug-likeness (QED) is 0.745. The van der Waals surface area contributed by atoms with Crippen molar-refractivity contribution in [3.8, 4) is 0 Å². The van der Waals surface area contributed by atoms with Gasteiger partial charge < -0.3 is 15.1 Å². The highest BCUT2D eigenvalue weighted by atomic mass is 16.4. The van der Waals surface area contributed by atoms with Gasteiger partial charge in [0, 0.05) is 25.6 Å². The predicted molar refractivity (Wildman–Crippen MR) is 53.1 cm³/mol. The Balaban J connectivity index is 2.05. The summed E-state index contributed by atoms with van der Waals surface area (Å²) < 4.78 is 5.50. The van der Waals surface area contributed by atoms with E-state index in [0.29, 0.717) is 30.9 Å². The van der Waals surface area contributed by atoms with Gasteiger partial charge in [-0.1, -0.05) is 5.10 Å². The standard InChI is InChI=1S/C9H16N4O/c1-2-13(7-3-4-7)9-12-11-8(14-9)5-6-10/h7H,2-6,10H2,1H3. The minimum absolute atomic E-state index is 0.553. The number of hydrogen-bond acceptors (Lipinski definition) is 5. The molecule has 5 heteroatoms.